The topological polar surface area (TPSA) is 98.8 Å². The average molecular weight is 512 g/mol. The second-order valence-corrected chi connectivity index (χ2v) is 9.37. The number of ketones is 1. The summed E-state index contributed by atoms with van der Waals surface area (Å²) in [6.45, 7) is -0.481. The number of Topliss-reactive ketones (excluding diaryl/α,β-unsaturated/α-hetero) is 1. The summed E-state index contributed by atoms with van der Waals surface area (Å²) in [5.74, 6) is -2.94. The fourth-order valence-corrected chi connectivity index (χ4v) is 4.42. The molecule has 0 radical (unpaired) electrons. The second-order valence-electron chi connectivity index (χ2n) is 7.69. The Balaban J connectivity index is 1.38. The van der Waals surface area contributed by atoms with Gasteiger partial charge in [-0.15, -0.1) is 0 Å². The van der Waals surface area contributed by atoms with Crippen LogP contribution in [0.25, 0.3) is 10.8 Å². The van der Waals surface area contributed by atoms with Crippen LogP contribution in [0.5, 0.6) is 5.75 Å². The molecule has 0 unspecified atom stereocenters. The zero-order valence-corrected chi connectivity index (χ0v) is 19.6. The highest BCUT2D eigenvalue weighted by Crippen LogP contribution is 2.22. The molecule has 0 aliphatic heterocycles. The Morgan fingerprint density at radius 3 is 2.17 bits per heavy atom. The highest BCUT2D eigenvalue weighted by Gasteiger charge is 2.18. The Kier molecular flexibility index (Phi) is 6.98. The van der Waals surface area contributed by atoms with Gasteiger partial charge in [0.05, 0.1) is 17.6 Å². The molecule has 0 amide bonds. The molecule has 0 aliphatic rings. The first-order valence-corrected chi connectivity index (χ1v) is 12.0. The molecule has 4 rings (SSSR count). The van der Waals surface area contributed by atoms with E-state index in [0.29, 0.717) is 23.4 Å². The standard InChI is InChI=1S/C26H19F2NO6S/c1-34-21-9-6-17-12-19(3-2-18(17)13-21)25(30)15-35-26(31)16-4-7-20(8-5-16)29-36(32,33)22-10-11-23(27)24(28)14-22/h2-14,29H,15H2,1H3. The van der Waals surface area contributed by atoms with E-state index in [9.17, 15) is 26.8 Å². The van der Waals surface area contributed by atoms with Gasteiger partial charge in [0.2, 0.25) is 0 Å². The summed E-state index contributed by atoms with van der Waals surface area (Å²) in [6, 6.07) is 17.9. The van der Waals surface area contributed by atoms with E-state index in [1.807, 2.05) is 12.1 Å². The molecule has 0 atom stereocenters. The van der Waals surface area contributed by atoms with Crippen molar-refractivity contribution in [2.24, 2.45) is 0 Å². The highest BCUT2D eigenvalue weighted by atomic mass is 32.2. The number of ether oxygens (including phenoxy) is 2. The van der Waals surface area contributed by atoms with Gasteiger partial charge < -0.3 is 9.47 Å². The quantitative estimate of drug-likeness (QED) is 0.265. The molecule has 0 saturated heterocycles. The van der Waals surface area contributed by atoms with Gasteiger partial charge in [-0.05, 0) is 71.4 Å². The van der Waals surface area contributed by atoms with E-state index in [0.717, 1.165) is 16.8 Å². The third-order valence-corrected chi connectivity index (χ3v) is 6.66. The summed E-state index contributed by atoms with van der Waals surface area (Å²) < 4.78 is 63.7. The van der Waals surface area contributed by atoms with Gasteiger partial charge >= 0.3 is 5.97 Å². The molecular weight excluding hydrogens is 492 g/mol. The molecule has 1 N–H and O–H groups in total. The molecule has 7 nitrogen and oxygen atoms in total. The molecule has 0 aliphatic carbocycles. The summed E-state index contributed by atoms with van der Waals surface area (Å²) in [4.78, 5) is 24.4. The number of carbonyl (C=O) groups is 2. The van der Waals surface area contributed by atoms with E-state index in [-0.39, 0.29) is 11.3 Å². The number of fused-ring (bicyclic) bond motifs is 1. The lowest BCUT2D eigenvalue weighted by Gasteiger charge is -2.09. The van der Waals surface area contributed by atoms with Gasteiger partial charge in [-0.1, -0.05) is 18.2 Å². The molecule has 184 valence electrons. The van der Waals surface area contributed by atoms with Crippen molar-refractivity contribution in [3.63, 3.8) is 0 Å². The fraction of sp³-hybridized carbons (Fsp3) is 0.0769. The Morgan fingerprint density at radius 1 is 0.806 bits per heavy atom. The van der Waals surface area contributed by atoms with Crippen LogP contribution in [0.4, 0.5) is 14.5 Å². The summed E-state index contributed by atoms with van der Waals surface area (Å²) in [5, 5.41) is 1.72. The van der Waals surface area contributed by atoms with Crippen molar-refractivity contribution in [2.75, 3.05) is 18.4 Å². The van der Waals surface area contributed by atoms with Gasteiger partial charge in [-0.3, -0.25) is 9.52 Å². The molecule has 4 aromatic rings. The van der Waals surface area contributed by atoms with Crippen molar-refractivity contribution in [1.82, 2.24) is 0 Å². The molecule has 0 saturated carbocycles. The van der Waals surface area contributed by atoms with Gasteiger partial charge in [-0.25, -0.2) is 22.0 Å². The third-order valence-electron chi connectivity index (χ3n) is 5.28. The molecular formula is C26H19F2NO6S. The van der Waals surface area contributed by atoms with Gasteiger partial charge in [0.25, 0.3) is 10.0 Å². The van der Waals surface area contributed by atoms with Crippen molar-refractivity contribution < 1.29 is 36.3 Å². The van der Waals surface area contributed by atoms with Crippen LogP contribution >= 0.6 is 0 Å². The summed E-state index contributed by atoms with van der Waals surface area (Å²) in [5.41, 5.74) is 0.548. The predicted octanol–water partition coefficient (Wildman–Crippen LogP) is 4.97. The fourth-order valence-electron chi connectivity index (χ4n) is 3.35. The van der Waals surface area contributed by atoms with Gasteiger partial charge in [-0.2, -0.15) is 0 Å². The zero-order chi connectivity index (χ0) is 25.9. The van der Waals surface area contributed by atoms with Crippen LogP contribution in [-0.2, 0) is 14.8 Å². The number of methoxy groups -OCH3 is 1. The van der Waals surface area contributed by atoms with Gasteiger partial charge in [0.1, 0.15) is 5.75 Å². The molecule has 36 heavy (non-hydrogen) atoms. The number of sulfonamides is 1. The van der Waals surface area contributed by atoms with Crippen LogP contribution in [0.3, 0.4) is 0 Å². The van der Waals surface area contributed by atoms with Crippen molar-refractivity contribution in [3.05, 3.63) is 102 Å². The Hall–Kier alpha value is -4.31. The van der Waals surface area contributed by atoms with Crippen LogP contribution in [0, 0.1) is 11.6 Å². The zero-order valence-electron chi connectivity index (χ0n) is 18.8. The summed E-state index contributed by atoms with van der Waals surface area (Å²) in [7, 11) is -2.62. The minimum absolute atomic E-state index is 0.0835. The van der Waals surface area contributed by atoms with Crippen LogP contribution in [-0.4, -0.2) is 33.9 Å². The van der Waals surface area contributed by atoms with Crippen molar-refractivity contribution >= 4 is 38.2 Å². The van der Waals surface area contributed by atoms with E-state index in [1.165, 1.54) is 24.3 Å². The van der Waals surface area contributed by atoms with E-state index in [1.54, 1.807) is 31.4 Å². The summed E-state index contributed by atoms with van der Waals surface area (Å²) >= 11 is 0. The first-order chi connectivity index (χ1) is 17.2. The number of benzene rings is 4. The Labute approximate surface area is 205 Å². The number of rotatable bonds is 8. The molecule has 0 fully saturated rings. The van der Waals surface area contributed by atoms with E-state index < -0.39 is 44.9 Å². The maximum absolute atomic E-state index is 13.4. The number of halogens is 2. The SMILES string of the molecule is COc1ccc2cc(C(=O)COC(=O)c3ccc(NS(=O)(=O)c4ccc(F)c(F)c4)cc3)ccc2c1. The van der Waals surface area contributed by atoms with E-state index in [4.69, 9.17) is 9.47 Å². The number of hydrogen-bond donors (Lipinski definition) is 1. The minimum Gasteiger partial charge on any atom is -0.497 e. The van der Waals surface area contributed by atoms with Crippen molar-refractivity contribution in [3.8, 4) is 5.75 Å². The smallest absolute Gasteiger partial charge is 0.338 e. The number of nitrogens with one attached hydrogen (secondary N) is 1. The largest absolute Gasteiger partial charge is 0.497 e. The highest BCUT2D eigenvalue weighted by molar-refractivity contribution is 7.92. The minimum atomic E-state index is -4.18. The number of esters is 1. The molecule has 0 spiro atoms. The monoisotopic (exact) mass is 511 g/mol. The maximum Gasteiger partial charge on any atom is 0.338 e. The number of hydrogen-bond acceptors (Lipinski definition) is 6. The first-order valence-electron chi connectivity index (χ1n) is 10.5. The Bertz CT molecular complexity index is 1570. The first kappa shape index (κ1) is 24.8. The second kappa shape index (κ2) is 10.1. The van der Waals surface area contributed by atoms with Crippen LogP contribution in [0.2, 0.25) is 0 Å². The molecule has 4 aromatic carbocycles. The van der Waals surface area contributed by atoms with E-state index >= 15 is 0 Å². The lowest BCUT2D eigenvalue weighted by atomic mass is 10.0. The third kappa shape index (κ3) is 5.49. The lowest BCUT2D eigenvalue weighted by molar-refractivity contribution is 0.0475. The van der Waals surface area contributed by atoms with Gasteiger partial charge in [0.15, 0.2) is 24.0 Å². The summed E-state index contributed by atoms with van der Waals surface area (Å²) in [6.07, 6.45) is 0. The number of anilines is 1. The maximum atomic E-state index is 13.4. The normalized spacial score (nSPS) is 11.2. The number of carbonyl (C=O) groups excluding carboxylic acids is 2. The molecule has 10 heteroatoms. The van der Waals surface area contributed by atoms with Crippen LogP contribution in [0.15, 0.2) is 83.8 Å². The molecule has 0 bridgehead atoms. The van der Waals surface area contributed by atoms with Crippen LogP contribution < -0.4 is 9.46 Å². The average Bonchev–Trinajstić information content (AvgIpc) is 2.88. The van der Waals surface area contributed by atoms with Crippen molar-refractivity contribution in [1.29, 1.82) is 0 Å². The van der Waals surface area contributed by atoms with Crippen LogP contribution in [0.1, 0.15) is 20.7 Å². The molecule has 0 heterocycles. The molecule has 0 aromatic heterocycles. The predicted molar refractivity (Wildman–Crippen MR) is 129 cm³/mol. The Morgan fingerprint density at radius 2 is 1.47 bits per heavy atom. The lowest BCUT2D eigenvalue weighted by Crippen LogP contribution is -2.15. The van der Waals surface area contributed by atoms with Crippen molar-refractivity contribution in [2.45, 2.75) is 4.90 Å². The van der Waals surface area contributed by atoms with Gasteiger partial charge in [0, 0.05) is 11.3 Å². The van der Waals surface area contributed by atoms with E-state index in [2.05, 4.69) is 4.72 Å².